The summed E-state index contributed by atoms with van der Waals surface area (Å²) >= 11 is 18.8. The van der Waals surface area contributed by atoms with Gasteiger partial charge in [-0.05, 0) is 43.3 Å². The number of carbonyl (C=O) groups is 1. The molecular weight excluding hydrogens is 642 g/mol. The molecule has 0 amide bonds. The zero-order chi connectivity index (χ0) is 30.4. The van der Waals surface area contributed by atoms with E-state index in [0.29, 0.717) is 54.6 Å². The van der Waals surface area contributed by atoms with E-state index in [2.05, 4.69) is 20.2 Å². The SMILES string of the molecule is C.CC(=O)[O-].COc1ccc2c(=O)cc(-n3cccn3)[nH]c2c1Cl.COc1ccc2c(Cl)cc(-n3cccn3)nc2c1Cl.[Na+]. The molecule has 15 heteroatoms. The molecule has 0 aliphatic carbocycles. The number of hydrogen-bond donors (Lipinski definition) is 1. The van der Waals surface area contributed by atoms with Crippen LogP contribution in [0.25, 0.3) is 33.4 Å². The zero-order valence-corrected chi connectivity index (χ0v) is 27.6. The van der Waals surface area contributed by atoms with Crippen LogP contribution in [0.15, 0.2) is 78.1 Å². The molecule has 0 fully saturated rings. The summed E-state index contributed by atoms with van der Waals surface area (Å²) in [6.07, 6.45) is 6.84. The van der Waals surface area contributed by atoms with Crippen LogP contribution in [0.1, 0.15) is 14.4 Å². The summed E-state index contributed by atoms with van der Waals surface area (Å²) in [6, 6.07) is 13.8. The number of hydrogen-bond acceptors (Lipinski definition) is 8. The van der Waals surface area contributed by atoms with Crippen molar-refractivity contribution in [3.63, 3.8) is 0 Å². The average Bonchev–Trinajstić information content (AvgIpc) is 3.69. The molecule has 224 valence electrons. The van der Waals surface area contributed by atoms with Gasteiger partial charge >= 0.3 is 29.6 Å². The maximum absolute atomic E-state index is 12.1. The molecule has 0 bridgehead atoms. The fourth-order valence-electron chi connectivity index (χ4n) is 3.81. The summed E-state index contributed by atoms with van der Waals surface area (Å²) in [7, 11) is 3.09. The van der Waals surface area contributed by atoms with Crippen LogP contribution in [0.3, 0.4) is 0 Å². The van der Waals surface area contributed by atoms with Gasteiger partial charge in [-0.1, -0.05) is 42.2 Å². The number of aromatic nitrogens is 6. The molecule has 0 atom stereocenters. The predicted molar refractivity (Wildman–Crippen MR) is 166 cm³/mol. The van der Waals surface area contributed by atoms with Crippen molar-refractivity contribution in [1.29, 1.82) is 0 Å². The quantitative estimate of drug-likeness (QED) is 0.283. The molecular formula is C29H26Cl3N6NaO5. The molecule has 0 saturated carbocycles. The third-order valence-corrected chi connectivity index (χ3v) is 6.70. The Labute approximate surface area is 289 Å². The first-order valence-electron chi connectivity index (χ1n) is 12.0. The second-order valence-electron chi connectivity index (χ2n) is 8.36. The Morgan fingerprint density at radius 1 is 0.886 bits per heavy atom. The van der Waals surface area contributed by atoms with Crippen molar-refractivity contribution in [3.8, 4) is 23.1 Å². The third kappa shape index (κ3) is 8.32. The van der Waals surface area contributed by atoms with Crippen LogP contribution >= 0.6 is 34.8 Å². The predicted octanol–water partition coefficient (Wildman–Crippen LogP) is 2.51. The fourth-order valence-corrected chi connectivity index (χ4v) is 4.63. The molecule has 4 heterocycles. The van der Waals surface area contributed by atoms with Gasteiger partial charge in [0.2, 0.25) is 0 Å². The van der Waals surface area contributed by atoms with Crippen molar-refractivity contribution in [2.45, 2.75) is 14.4 Å². The monoisotopic (exact) mass is 666 g/mol. The number of ether oxygens (including phenoxy) is 2. The van der Waals surface area contributed by atoms with Gasteiger partial charge in [0.15, 0.2) is 11.2 Å². The molecule has 0 spiro atoms. The summed E-state index contributed by atoms with van der Waals surface area (Å²) < 4.78 is 13.5. The minimum Gasteiger partial charge on any atom is -0.550 e. The van der Waals surface area contributed by atoms with Gasteiger partial charge in [-0.25, -0.2) is 14.3 Å². The number of rotatable bonds is 4. The van der Waals surface area contributed by atoms with Gasteiger partial charge in [-0.3, -0.25) is 4.79 Å². The number of aliphatic carboxylic acids is 1. The van der Waals surface area contributed by atoms with Gasteiger partial charge in [0.25, 0.3) is 0 Å². The van der Waals surface area contributed by atoms with Crippen LogP contribution in [-0.2, 0) is 4.79 Å². The molecule has 11 nitrogen and oxygen atoms in total. The third-order valence-electron chi connectivity index (χ3n) is 5.64. The Morgan fingerprint density at radius 2 is 1.43 bits per heavy atom. The molecule has 0 aliphatic rings. The van der Waals surface area contributed by atoms with Gasteiger partial charge < -0.3 is 24.4 Å². The molecule has 0 unspecified atom stereocenters. The number of halogens is 3. The number of fused-ring (bicyclic) bond motifs is 2. The van der Waals surface area contributed by atoms with Crippen LogP contribution in [0.2, 0.25) is 15.1 Å². The van der Waals surface area contributed by atoms with Crippen LogP contribution in [0, 0.1) is 0 Å². The normalized spacial score (nSPS) is 9.95. The number of methoxy groups -OCH3 is 2. The smallest absolute Gasteiger partial charge is 0.550 e. The summed E-state index contributed by atoms with van der Waals surface area (Å²) in [5, 5.41) is 19.8. The van der Waals surface area contributed by atoms with E-state index in [1.165, 1.54) is 13.2 Å². The van der Waals surface area contributed by atoms with Crippen LogP contribution in [0.5, 0.6) is 11.5 Å². The van der Waals surface area contributed by atoms with E-state index >= 15 is 0 Å². The average molecular weight is 668 g/mol. The largest absolute Gasteiger partial charge is 1.00 e. The van der Waals surface area contributed by atoms with Crippen LogP contribution in [-0.4, -0.2) is 49.7 Å². The van der Waals surface area contributed by atoms with E-state index in [4.69, 9.17) is 54.2 Å². The second-order valence-corrected chi connectivity index (χ2v) is 9.52. The molecule has 2 aromatic carbocycles. The van der Waals surface area contributed by atoms with E-state index in [9.17, 15) is 4.79 Å². The first-order valence-corrected chi connectivity index (χ1v) is 13.2. The number of nitrogens with zero attached hydrogens (tertiary/aromatic N) is 5. The van der Waals surface area contributed by atoms with Crippen LogP contribution in [0.4, 0.5) is 0 Å². The zero-order valence-electron chi connectivity index (χ0n) is 23.3. The molecule has 0 saturated heterocycles. The first-order chi connectivity index (χ1) is 20.1. The fraction of sp³-hybridized carbons (Fsp3) is 0.138. The van der Waals surface area contributed by atoms with E-state index in [1.54, 1.807) is 71.6 Å². The summed E-state index contributed by atoms with van der Waals surface area (Å²) in [5.41, 5.74) is 1.02. The van der Waals surface area contributed by atoms with E-state index in [1.807, 2.05) is 12.1 Å². The minimum absolute atomic E-state index is 0. The van der Waals surface area contributed by atoms with Gasteiger partial charge in [0.1, 0.15) is 27.4 Å². The number of carboxylic acids is 1. The van der Waals surface area contributed by atoms with Crippen molar-refractivity contribution < 1.29 is 48.9 Å². The topological polar surface area (TPSA) is 140 Å². The van der Waals surface area contributed by atoms with E-state index < -0.39 is 5.97 Å². The van der Waals surface area contributed by atoms with Crippen molar-refractivity contribution >= 4 is 62.6 Å². The van der Waals surface area contributed by atoms with Crippen molar-refractivity contribution in [3.05, 3.63) is 98.6 Å². The minimum atomic E-state index is -1.08. The number of nitrogens with one attached hydrogen (secondary N) is 1. The molecule has 4 aromatic heterocycles. The molecule has 0 radical (unpaired) electrons. The molecule has 6 rings (SSSR count). The molecule has 0 aliphatic heterocycles. The molecule has 44 heavy (non-hydrogen) atoms. The van der Waals surface area contributed by atoms with Gasteiger partial charge in [-0.2, -0.15) is 10.2 Å². The number of pyridine rings is 2. The number of carbonyl (C=O) groups excluding carboxylic acids is 1. The second kappa shape index (κ2) is 16.5. The van der Waals surface area contributed by atoms with Crippen molar-refractivity contribution in [2.24, 2.45) is 0 Å². The summed E-state index contributed by atoms with van der Waals surface area (Å²) in [4.78, 5) is 28.6. The van der Waals surface area contributed by atoms with E-state index in [-0.39, 0.29) is 42.4 Å². The number of benzene rings is 2. The molecule has 6 aromatic rings. The maximum atomic E-state index is 12.1. The van der Waals surface area contributed by atoms with E-state index in [0.717, 1.165) is 12.3 Å². The van der Waals surface area contributed by atoms with Crippen molar-refractivity contribution in [2.75, 3.05) is 14.2 Å². The van der Waals surface area contributed by atoms with Gasteiger partial charge in [0, 0.05) is 53.7 Å². The maximum Gasteiger partial charge on any atom is 1.00 e. The summed E-state index contributed by atoms with van der Waals surface area (Å²) in [6.45, 7) is 0.972. The molecule has 1 N–H and O–H groups in total. The number of carboxylic acid groups (broad SMARTS) is 1. The van der Waals surface area contributed by atoms with Gasteiger partial charge in [-0.15, -0.1) is 0 Å². The number of H-pyrrole nitrogens is 1. The Balaban J connectivity index is 0.000000263. The van der Waals surface area contributed by atoms with Crippen molar-refractivity contribution in [1.82, 2.24) is 29.5 Å². The Hall–Kier alpha value is -3.58. The number of aromatic amines is 1. The van der Waals surface area contributed by atoms with Crippen LogP contribution < -0.4 is 49.6 Å². The van der Waals surface area contributed by atoms with Gasteiger partial charge in [0.05, 0.1) is 30.3 Å². The Bertz CT molecular complexity index is 1910. The summed E-state index contributed by atoms with van der Waals surface area (Å²) in [5.74, 6) is 1.16. The standard InChI is InChI=1S/C13H9Cl2N3O.C13H10ClN3O2.C2H4O2.CH4.Na/c1-19-10-4-3-8-9(14)7-11(17-13(8)12(10)15)18-6-2-5-16-18;1-19-10-4-3-8-9(18)7-11(16-13(8)12(10)14)17-6-2-5-15-17;1-2(3)4;;/h2-7H,1H3;2-7H,1H3,(H,16,18);1H3,(H,3,4);1H4;/q;;;;+1/p-1. The Morgan fingerprint density at radius 3 is 1.98 bits per heavy atom. The first kappa shape index (κ1) is 36.6. The Kier molecular flexibility index (Phi) is 13.7.